The summed E-state index contributed by atoms with van der Waals surface area (Å²) in [4.78, 5) is 26.6. The molecular weight excluding hydrogens is 263 g/mol. The van der Waals surface area contributed by atoms with Crippen LogP contribution < -0.4 is 5.32 Å². The number of nitrogens with zero attached hydrogens (tertiary/aromatic N) is 1. The van der Waals surface area contributed by atoms with Crippen LogP contribution >= 0.6 is 0 Å². The quantitative estimate of drug-likeness (QED) is 0.901. The van der Waals surface area contributed by atoms with Crippen molar-refractivity contribution in [2.24, 2.45) is 0 Å². The molecule has 0 aliphatic rings. The zero-order chi connectivity index (χ0) is 14.7. The number of halogens is 1. The van der Waals surface area contributed by atoms with Crippen LogP contribution in [0.3, 0.4) is 0 Å². The van der Waals surface area contributed by atoms with Crippen LogP contribution in [-0.4, -0.2) is 22.0 Å². The van der Waals surface area contributed by atoms with Crippen LogP contribution in [0.4, 0.5) is 10.1 Å². The highest BCUT2D eigenvalue weighted by molar-refractivity contribution is 6.07. The summed E-state index contributed by atoms with van der Waals surface area (Å²) in [5.41, 5.74) is 0.251. The minimum Gasteiger partial charge on any atom is -0.476 e. The topological polar surface area (TPSA) is 79.3 Å². The first-order valence-corrected chi connectivity index (χ1v) is 5.75. The van der Waals surface area contributed by atoms with Gasteiger partial charge in [0.15, 0.2) is 5.69 Å². The van der Waals surface area contributed by atoms with E-state index >= 15 is 0 Å². The van der Waals surface area contributed by atoms with E-state index in [1.54, 1.807) is 13.0 Å². The third kappa shape index (κ3) is 2.80. The predicted octanol–water partition coefficient (Wildman–Crippen LogP) is 2.48. The van der Waals surface area contributed by atoms with E-state index in [4.69, 9.17) is 5.11 Å². The largest absolute Gasteiger partial charge is 0.476 e. The Hall–Kier alpha value is -2.76. The minimum atomic E-state index is -1.27. The summed E-state index contributed by atoms with van der Waals surface area (Å²) in [6, 6.07) is 7.04. The lowest BCUT2D eigenvalue weighted by Gasteiger charge is -2.08. The number of carboxylic acids is 1. The van der Waals surface area contributed by atoms with Gasteiger partial charge in [-0.2, -0.15) is 0 Å². The van der Waals surface area contributed by atoms with Gasteiger partial charge in [0.1, 0.15) is 5.82 Å². The van der Waals surface area contributed by atoms with Crippen LogP contribution in [-0.2, 0) is 0 Å². The molecule has 1 heterocycles. The smallest absolute Gasteiger partial charge is 0.356 e. The molecule has 0 aliphatic carbocycles. The van der Waals surface area contributed by atoms with E-state index in [0.29, 0.717) is 5.56 Å². The maximum Gasteiger partial charge on any atom is 0.356 e. The maximum atomic E-state index is 13.7. The Bertz CT molecular complexity index is 686. The molecule has 20 heavy (non-hydrogen) atoms. The molecule has 0 atom stereocenters. The number of pyridine rings is 1. The standard InChI is InChI=1S/C14H11FN2O3/c1-8-4-5-9(10(15)7-8)13(18)17-11-3-2-6-16-12(11)14(19)20/h2-7H,1H3,(H,17,18)(H,19,20). The van der Waals surface area contributed by atoms with E-state index in [-0.39, 0.29) is 16.9 Å². The lowest BCUT2D eigenvalue weighted by molar-refractivity contribution is 0.0691. The van der Waals surface area contributed by atoms with Gasteiger partial charge >= 0.3 is 5.97 Å². The van der Waals surface area contributed by atoms with Gasteiger partial charge in [-0.25, -0.2) is 14.2 Å². The number of aromatic nitrogens is 1. The van der Waals surface area contributed by atoms with E-state index in [0.717, 1.165) is 0 Å². The second-order valence-electron chi connectivity index (χ2n) is 4.14. The van der Waals surface area contributed by atoms with Gasteiger partial charge in [-0.3, -0.25) is 4.79 Å². The molecule has 0 aliphatic heterocycles. The summed E-state index contributed by atoms with van der Waals surface area (Å²) in [6.07, 6.45) is 1.30. The van der Waals surface area contributed by atoms with Crippen molar-refractivity contribution in [3.63, 3.8) is 0 Å². The van der Waals surface area contributed by atoms with E-state index in [2.05, 4.69) is 10.3 Å². The number of rotatable bonds is 3. The van der Waals surface area contributed by atoms with Gasteiger partial charge in [-0.1, -0.05) is 6.07 Å². The number of nitrogens with one attached hydrogen (secondary N) is 1. The summed E-state index contributed by atoms with van der Waals surface area (Å²) in [5.74, 6) is -2.66. The number of hydrogen-bond donors (Lipinski definition) is 2. The third-order valence-electron chi connectivity index (χ3n) is 2.63. The summed E-state index contributed by atoms with van der Waals surface area (Å²) in [7, 11) is 0. The van der Waals surface area contributed by atoms with Crippen LogP contribution in [0, 0.1) is 12.7 Å². The number of carboxylic acid groups (broad SMARTS) is 1. The molecule has 2 N–H and O–H groups in total. The Balaban J connectivity index is 2.30. The minimum absolute atomic E-state index is 0.0185. The normalized spacial score (nSPS) is 10.1. The Morgan fingerprint density at radius 1 is 1.30 bits per heavy atom. The zero-order valence-corrected chi connectivity index (χ0v) is 10.6. The monoisotopic (exact) mass is 274 g/mol. The fourth-order valence-corrected chi connectivity index (χ4v) is 1.67. The molecule has 0 bridgehead atoms. The molecule has 0 saturated heterocycles. The van der Waals surface area contributed by atoms with Crippen molar-refractivity contribution in [1.29, 1.82) is 0 Å². The summed E-state index contributed by atoms with van der Waals surface area (Å²) in [6.45, 7) is 1.70. The number of anilines is 1. The number of carbonyl (C=O) groups excluding carboxylic acids is 1. The molecule has 2 rings (SSSR count). The number of carbonyl (C=O) groups is 2. The number of hydrogen-bond acceptors (Lipinski definition) is 3. The van der Waals surface area contributed by atoms with Crippen molar-refractivity contribution in [2.45, 2.75) is 6.92 Å². The van der Waals surface area contributed by atoms with Gasteiger partial charge in [-0.15, -0.1) is 0 Å². The third-order valence-corrected chi connectivity index (χ3v) is 2.63. The van der Waals surface area contributed by atoms with E-state index in [1.165, 1.54) is 30.5 Å². The van der Waals surface area contributed by atoms with Gasteiger partial charge in [0, 0.05) is 6.20 Å². The zero-order valence-electron chi connectivity index (χ0n) is 10.6. The van der Waals surface area contributed by atoms with E-state index < -0.39 is 17.7 Å². The lowest BCUT2D eigenvalue weighted by Crippen LogP contribution is -2.17. The van der Waals surface area contributed by atoms with Crippen molar-refractivity contribution in [3.05, 3.63) is 59.2 Å². The Morgan fingerprint density at radius 2 is 2.05 bits per heavy atom. The molecule has 1 aromatic carbocycles. The summed E-state index contributed by atoms with van der Waals surface area (Å²) >= 11 is 0. The first kappa shape index (κ1) is 13.7. The Morgan fingerprint density at radius 3 is 2.70 bits per heavy atom. The fraction of sp³-hybridized carbons (Fsp3) is 0.0714. The summed E-state index contributed by atoms with van der Waals surface area (Å²) < 4.78 is 13.7. The molecule has 0 saturated carbocycles. The number of aryl methyl sites for hydroxylation is 1. The molecule has 5 nitrogen and oxygen atoms in total. The van der Waals surface area contributed by atoms with Gasteiger partial charge in [-0.05, 0) is 36.8 Å². The second-order valence-corrected chi connectivity index (χ2v) is 4.14. The predicted molar refractivity (Wildman–Crippen MR) is 70.3 cm³/mol. The lowest BCUT2D eigenvalue weighted by atomic mass is 10.1. The van der Waals surface area contributed by atoms with Crippen LogP contribution in [0.5, 0.6) is 0 Å². The molecule has 6 heteroatoms. The maximum absolute atomic E-state index is 13.7. The molecule has 0 unspecified atom stereocenters. The second kappa shape index (κ2) is 5.48. The van der Waals surface area contributed by atoms with Crippen LogP contribution in [0.25, 0.3) is 0 Å². The fourth-order valence-electron chi connectivity index (χ4n) is 1.67. The molecular formula is C14H11FN2O3. The van der Waals surface area contributed by atoms with E-state index in [1.807, 2.05) is 0 Å². The molecule has 0 spiro atoms. The van der Waals surface area contributed by atoms with Gasteiger partial charge in [0.2, 0.25) is 0 Å². The average molecular weight is 274 g/mol. The van der Waals surface area contributed by atoms with Crippen LogP contribution in [0.2, 0.25) is 0 Å². The number of amides is 1. The van der Waals surface area contributed by atoms with Crippen LogP contribution in [0.1, 0.15) is 26.4 Å². The van der Waals surface area contributed by atoms with Crippen molar-refractivity contribution < 1.29 is 19.1 Å². The van der Waals surface area contributed by atoms with E-state index in [9.17, 15) is 14.0 Å². The molecule has 2 aromatic rings. The highest BCUT2D eigenvalue weighted by Gasteiger charge is 2.16. The molecule has 102 valence electrons. The Kier molecular flexibility index (Phi) is 3.74. The first-order valence-electron chi connectivity index (χ1n) is 5.75. The number of benzene rings is 1. The highest BCUT2D eigenvalue weighted by atomic mass is 19.1. The first-order chi connectivity index (χ1) is 9.49. The van der Waals surface area contributed by atoms with Crippen molar-refractivity contribution in [1.82, 2.24) is 4.98 Å². The van der Waals surface area contributed by atoms with Crippen LogP contribution in [0.15, 0.2) is 36.5 Å². The SMILES string of the molecule is Cc1ccc(C(=O)Nc2cccnc2C(=O)O)c(F)c1. The van der Waals surface area contributed by atoms with Gasteiger partial charge in [0.05, 0.1) is 11.3 Å². The molecule has 1 aromatic heterocycles. The average Bonchev–Trinajstić information content (AvgIpc) is 2.38. The van der Waals surface area contributed by atoms with Gasteiger partial charge < -0.3 is 10.4 Å². The highest BCUT2D eigenvalue weighted by Crippen LogP contribution is 2.16. The van der Waals surface area contributed by atoms with Crippen molar-refractivity contribution in [2.75, 3.05) is 5.32 Å². The molecule has 0 radical (unpaired) electrons. The van der Waals surface area contributed by atoms with Crippen molar-refractivity contribution >= 4 is 17.6 Å². The van der Waals surface area contributed by atoms with Gasteiger partial charge in [0.25, 0.3) is 5.91 Å². The molecule has 1 amide bonds. The molecule has 0 fully saturated rings. The Labute approximate surface area is 114 Å². The van der Waals surface area contributed by atoms with Crippen molar-refractivity contribution in [3.8, 4) is 0 Å². The number of aromatic carboxylic acids is 1. The summed E-state index contributed by atoms with van der Waals surface area (Å²) in [5, 5.41) is 11.3.